The summed E-state index contributed by atoms with van der Waals surface area (Å²) in [5.41, 5.74) is 4.89. The zero-order valence-corrected chi connectivity index (χ0v) is 15.3. The van der Waals surface area contributed by atoms with Crippen LogP contribution >= 0.6 is 0 Å². The molecule has 0 saturated carbocycles. The highest BCUT2D eigenvalue weighted by molar-refractivity contribution is 5.81. The highest BCUT2D eigenvalue weighted by Gasteiger charge is 2.25. The summed E-state index contributed by atoms with van der Waals surface area (Å²) in [5, 5.41) is 3.21. The molecule has 25 heavy (non-hydrogen) atoms. The van der Waals surface area contributed by atoms with Crippen LogP contribution in [0.1, 0.15) is 54.5 Å². The maximum atomic E-state index is 12.8. The van der Waals surface area contributed by atoms with Gasteiger partial charge in [0, 0.05) is 0 Å². The van der Waals surface area contributed by atoms with E-state index in [0.29, 0.717) is 6.42 Å². The van der Waals surface area contributed by atoms with Crippen molar-refractivity contribution < 1.29 is 9.53 Å². The molecule has 0 spiro atoms. The molecule has 2 aromatic rings. The first-order valence-corrected chi connectivity index (χ1v) is 9.20. The molecule has 0 fully saturated rings. The summed E-state index contributed by atoms with van der Waals surface area (Å²) in [6.07, 6.45) is 3.38. The highest BCUT2D eigenvalue weighted by atomic mass is 16.5. The first kappa shape index (κ1) is 17.5. The van der Waals surface area contributed by atoms with Crippen molar-refractivity contribution in [3.63, 3.8) is 0 Å². The SMILES string of the molecule is CC[C@H](Oc1cc(C)cc(C)c1)C(=O)N[C@H]1CCCc2ccccc21. The maximum Gasteiger partial charge on any atom is 0.261 e. The van der Waals surface area contributed by atoms with Crippen LogP contribution in [0.5, 0.6) is 5.75 Å². The van der Waals surface area contributed by atoms with Crippen LogP contribution in [0, 0.1) is 13.8 Å². The number of nitrogens with one attached hydrogen (secondary N) is 1. The molecule has 0 unspecified atom stereocenters. The van der Waals surface area contributed by atoms with E-state index in [0.717, 1.165) is 36.1 Å². The second-order valence-electron chi connectivity index (χ2n) is 6.99. The fourth-order valence-electron chi connectivity index (χ4n) is 3.66. The number of ether oxygens (including phenoxy) is 1. The quantitative estimate of drug-likeness (QED) is 0.862. The number of carbonyl (C=O) groups excluding carboxylic acids is 1. The number of carbonyl (C=O) groups is 1. The summed E-state index contributed by atoms with van der Waals surface area (Å²) in [4.78, 5) is 12.8. The van der Waals surface area contributed by atoms with Crippen molar-refractivity contribution in [1.29, 1.82) is 0 Å². The molecule has 2 atom stereocenters. The van der Waals surface area contributed by atoms with Gasteiger partial charge in [0.2, 0.25) is 0 Å². The van der Waals surface area contributed by atoms with Crippen molar-refractivity contribution in [2.45, 2.75) is 58.6 Å². The van der Waals surface area contributed by atoms with Gasteiger partial charge < -0.3 is 10.1 Å². The van der Waals surface area contributed by atoms with Crippen LogP contribution < -0.4 is 10.1 Å². The Morgan fingerprint density at radius 1 is 1.20 bits per heavy atom. The topological polar surface area (TPSA) is 38.3 Å². The molecule has 1 N–H and O–H groups in total. The average molecular weight is 337 g/mol. The van der Waals surface area contributed by atoms with Gasteiger partial charge >= 0.3 is 0 Å². The fraction of sp³-hybridized carbons (Fsp3) is 0.409. The van der Waals surface area contributed by atoms with Gasteiger partial charge in [0.1, 0.15) is 5.75 Å². The molecule has 0 aromatic heterocycles. The van der Waals surface area contributed by atoms with E-state index in [1.54, 1.807) is 0 Å². The van der Waals surface area contributed by atoms with Crippen LogP contribution in [-0.2, 0) is 11.2 Å². The number of fused-ring (bicyclic) bond motifs is 1. The lowest BCUT2D eigenvalue weighted by Crippen LogP contribution is -2.41. The molecular weight excluding hydrogens is 310 g/mol. The fourth-order valence-corrected chi connectivity index (χ4v) is 3.66. The molecule has 3 nitrogen and oxygen atoms in total. The Morgan fingerprint density at radius 3 is 2.64 bits per heavy atom. The van der Waals surface area contributed by atoms with E-state index in [4.69, 9.17) is 4.74 Å². The van der Waals surface area contributed by atoms with Crippen molar-refractivity contribution in [2.24, 2.45) is 0 Å². The molecule has 2 aromatic carbocycles. The Labute approximate surface area is 150 Å². The van der Waals surface area contributed by atoms with Gasteiger partial charge in [0.05, 0.1) is 6.04 Å². The van der Waals surface area contributed by atoms with Gasteiger partial charge in [0.15, 0.2) is 6.10 Å². The summed E-state index contributed by atoms with van der Waals surface area (Å²) < 4.78 is 6.00. The largest absolute Gasteiger partial charge is 0.481 e. The second kappa shape index (κ2) is 7.73. The summed E-state index contributed by atoms with van der Waals surface area (Å²) in [5.74, 6) is 0.743. The molecule has 0 aliphatic heterocycles. The number of aryl methyl sites for hydroxylation is 3. The maximum absolute atomic E-state index is 12.8. The molecule has 0 heterocycles. The van der Waals surface area contributed by atoms with E-state index in [1.807, 2.05) is 39.0 Å². The minimum atomic E-state index is -0.463. The standard InChI is InChI=1S/C22H27NO2/c1-4-21(25-18-13-15(2)12-16(3)14-18)22(24)23-20-11-7-9-17-8-5-6-10-19(17)20/h5-6,8,10,12-14,20-21H,4,7,9,11H2,1-3H3,(H,23,24)/t20-,21-/m0/s1. The average Bonchev–Trinajstić information content (AvgIpc) is 2.59. The smallest absolute Gasteiger partial charge is 0.261 e. The Balaban J connectivity index is 1.71. The minimum Gasteiger partial charge on any atom is -0.481 e. The van der Waals surface area contributed by atoms with Crippen LogP contribution in [0.3, 0.4) is 0 Å². The molecule has 3 rings (SSSR count). The van der Waals surface area contributed by atoms with Crippen molar-refractivity contribution >= 4 is 5.91 Å². The normalized spacial score (nSPS) is 17.5. The third-order valence-corrected chi connectivity index (χ3v) is 4.82. The van der Waals surface area contributed by atoms with Crippen molar-refractivity contribution in [3.05, 3.63) is 64.7 Å². The van der Waals surface area contributed by atoms with E-state index in [2.05, 4.69) is 29.6 Å². The zero-order chi connectivity index (χ0) is 17.8. The van der Waals surface area contributed by atoms with E-state index >= 15 is 0 Å². The lowest BCUT2D eigenvalue weighted by Gasteiger charge is -2.28. The number of amides is 1. The third kappa shape index (κ3) is 4.22. The zero-order valence-electron chi connectivity index (χ0n) is 15.3. The number of hydrogen-bond donors (Lipinski definition) is 1. The predicted molar refractivity (Wildman–Crippen MR) is 101 cm³/mol. The second-order valence-corrected chi connectivity index (χ2v) is 6.99. The Hall–Kier alpha value is -2.29. The molecule has 1 amide bonds. The van der Waals surface area contributed by atoms with Crippen LogP contribution in [0.4, 0.5) is 0 Å². The van der Waals surface area contributed by atoms with E-state index in [-0.39, 0.29) is 11.9 Å². The Morgan fingerprint density at radius 2 is 1.92 bits per heavy atom. The minimum absolute atomic E-state index is 0.0247. The monoisotopic (exact) mass is 337 g/mol. The molecule has 0 bridgehead atoms. The van der Waals surface area contributed by atoms with Gasteiger partial charge in [-0.2, -0.15) is 0 Å². The molecule has 0 radical (unpaired) electrons. The Bertz CT molecular complexity index is 733. The van der Waals surface area contributed by atoms with Crippen LogP contribution in [0.2, 0.25) is 0 Å². The first-order valence-electron chi connectivity index (χ1n) is 9.20. The lowest BCUT2D eigenvalue weighted by atomic mass is 9.87. The summed E-state index contributed by atoms with van der Waals surface area (Å²) in [7, 11) is 0. The molecular formula is C22H27NO2. The van der Waals surface area contributed by atoms with E-state index in [1.165, 1.54) is 11.1 Å². The lowest BCUT2D eigenvalue weighted by molar-refractivity contribution is -0.129. The summed E-state index contributed by atoms with van der Waals surface area (Å²) in [6.45, 7) is 6.07. The Kier molecular flexibility index (Phi) is 5.42. The number of benzene rings is 2. The van der Waals surface area contributed by atoms with Crippen molar-refractivity contribution in [1.82, 2.24) is 5.32 Å². The third-order valence-electron chi connectivity index (χ3n) is 4.82. The highest BCUT2D eigenvalue weighted by Crippen LogP contribution is 2.29. The number of hydrogen-bond acceptors (Lipinski definition) is 2. The van der Waals surface area contributed by atoms with E-state index in [9.17, 15) is 4.79 Å². The van der Waals surface area contributed by atoms with Crippen molar-refractivity contribution in [3.8, 4) is 5.75 Å². The van der Waals surface area contributed by atoms with E-state index < -0.39 is 6.10 Å². The van der Waals surface area contributed by atoms with Crippen LogP contribution in [0.15, 0.2) is 42.5 Å². The van der Waals surface area contributed by atoms with Gasteiger partial charge in [-0.1, -0.05) is 37.3 Å². The van der Waals surface area contributed by atoms with Gasteiger partial charge in [-0.3, -0.25) is 4.79 Å². The van der Waals surface area contributed by atoms with Crippen molar-refractivity contribution in [2.75, 3.05) is 0 Å². The molecule has 1 aliphatic rings. The first-order chi connectivity index (χ1) is 12.1. The van der Waals surface area contributed by atoms with Gasteiger partial charge in [-0.05, 0) is 73.9 Å². The summed E-state index contributed by atoms with van der Waals surface area (Å²) in [6, 6.07) is 14.6. The van der Waals surface area contributed by atoms with Gasteiger partial charge in [-0.25, -0.2) is 0 Å². The van der Waals surface area contributed by atoms with Gasteiger partial charge in [0.25, 0.3) is 5.91 Å². The molecule has 132 valence electrons. The molecule has 1 aliphatic carbocycles. The van der Waals surface area contributed by atoms with Gasteiger partial charge in [-0.15, -0.1) is 0 Å². The summed E-state index contributed by atoms with van der Waals surface area (Å²) >= 11 is 0. The molecule has 3 heteroatoms. The molecule has 0 saturated heterocycles. The predicted octanol–water partition coefficient (Wildman–Crippen LogP) is 4.65. The number of rotatable bonds is 5. The van der Waals surface area contributed by atoms with Crippen LogP contribution in [-0.4, -0.2) is 12.0 Å². The van der Waals surface area contributed by atoms with Crippen LogP contribution in [0.25, 0.3) is 0 Å².